The summed E-state index contributed by atoms with van der Waals surface area (Å²) in [6.07, 6.45) is 0. The molecule has 0 unspecified atom stereocenters. The Kier molecular flexibility index (Phi) is 2.60. The molecule has 0 saturated carbocycles. The lowest BCUT2D eigenvalue weighted by molar-refractivity contribution is -0.116. The van der Waals surface area contributed by atoms with E-state index in [2.05, 4.69) is 0 Å². The molecule has 4 nitrogen and oxygen atoms in total. The Morgan fingerprint density at radius 2 is 2.12 bits per heavy atom. The van der Waals surface area contributed by atoms with Crippen LogP contribution in [-0.4, -0.2) is 29.9 Å². The number of carbonyl (C=O) groups excluding carboxylic acids is 2. The molecule has 16 heavy (non-hydrogen) atoms. The summed E-state index contributed by atoms with van der Waals surface area (Å²) in [5.41, 5.74) is 0.283. The molecule has 84 valence electrons. The standard InChI is InChI=1S/C11H11FN2O2/c1-2-13-7-10(15)14(11(13)16)9-5-3-4-8(12)6-9/h3-6H,2,7H2,1H3. The molecule has 0 N–H and O–H groups in total. The molecule has 1 heterocycles. The fourth-order valence-corrected chi connectivity index (χ4v) is 1.67. The SMILES string of the molecule is CCN1CC(=O)N(c2cccc(F)c2)C1=O. The zero-order valence-electron chi connectivity index (χ0n) is 8.81. The quantitative estimate of drug-likeness (QED) is 0.713. The van der Waals surface area contributed by atoms with Gasteiger partial charge in [-0.25, -0.2) is 14.1 Å². The van der Waals surface area contributed by atoms with Gasteiger partial charge in [0.05, 0.1) is 5.69 Å². The Balaban J connectivity index is 2.34. The highest BCUT2D eigenvalue weighted by molar-refractivity contribution is 6.19. The third-order valence-electron chi connectivity index (χ3n) is 2.49. The maximum atomic E-state index is 13.0. The molecular formula is C11H11FN2O2. The predicted molar refractivity (Wildman–Crippen MR) is 56.5 cm³/mol. The lowest BCUT2D eigenvalue weighted by atomic mass is 10.3. The Morgan fingerprint density at radius 1 is 1.38 bits per heavy atom. The van der Waals surface area contributed by atoms with Gasteiger partial charge in [0.25, 0.3) is 5.91 Å². The summed E-state index contributed by atoms with van der Waals surface area (Å²) in [4.78, 5) is 25.8. The second-order valence-electron chi connectivity index (χ2n) is 3.51. The van der Waals surface area contributed by atoms with E-state index in [1.54, 1.807) is 6.92 Å². The molecule has 0 bridgehead atoms. The van der Waals surface area contributed by atoms with Crippen molar-refractivity contribution in [2.75, 3.05) is 18.0 Å². The molecule has 5 heteroatoms. The lowest BCUT2D eigenvalue weighted by Crippen LogP contribution is -2.32. The van der Waals surface area contributed by atoms with Crippen molar-refractivity contribution < 1.29 is 14.0 Å². The summed E-state index contributed by atoms with van der Waals surface area (Å²) in [5, 5.41) is 0. The number of anilines is 1. The molecule has 1 saturated heterocycles. The molecule has 1 aromatic carbocycles. The zero-order chi connectivity index (χ0) is 11.7. The number of urea groups is 1. The van der Waals surface area contributed by atoms with Gasteiger partial charge in [-0.1, -0.05) is 6.07 Å². The van der Waals surface area contributed by atoms with E-state index in [-0.39, 0.29) is 18.1 Å². The van der Waals surface area contributed by atoms with E-state index in [4.69, 9.17) is 0 Å². The van der Waals surface area contributed by atoms with E-state index >= 15 is 0 Å². The summed E-state index contributed by atoms with van der Waals surface area (Å²) >= 11 is 0. The van der Waals surface area contributed by atoms with Gasteiger partial charge in [-0.2, -0.15) is 0 Å². The molecule has 1 aliphatic rings. The van der Waals surface area contributed by atoms with Crippen LogP contribution in [-0.2, 0) is 4.79 Å². The minimum atomic E-state index is -0.465. The van der Waals surface area contributed by atoms with Crippen molar-refractivity contribution in [3.05, 3.63) is 30.1 Å². The first-order valence-corrected chi connectivity index (χ1v) is 5.01. The van der Waals surface area contributed by atoms with E-state index < -0.39 is 11.8 Å². The summed E-state index contributed by atoms with van der Waals surface area (Å²) in [7, 11) is 0. The van der Waals surface area contributed by atoms with Crippen molar-refractivity contribution in [2.24, 2.45) is 0 Å². The summed E-state index contributed by atoms with van der Waals surface area (Å²) < 4.78 is 13.0. The number of hydrogen-bond donors (Lipinski definition) is 0. The Bertz CT molecular complexity index is 447. The van der Waals surface area contributed by atoms with Crippen molar-refractivity contribution in [3.8, 4) is 0 Å². The van der Waals surface area contributed by atoms with Crippen LogP contribution >= 0.6 is 0 Å². The molecular weight excluding hydrogens is 211 g/mol. The van der Waals surface area contributed by atoms with Crippen LogP contribution in [0.5, 0.6) is 0 Å². The minimum Gasteiger partial charge on any atom is -0.315 e. The summed E-state index contributed by atoms with van der Waals surface area (Å²) in [5.74, 6) is -0.787. The van der Waals surface area contributed by atoms with Crippen LogP contribution < -0.4 is 4.90 Å². The van der Waals surface area contributed by atoms with Crippen LogP contribution in [0.3, 0.4) is 0 Å². The Morgan fingerprint density at radius 3 is 2.69 bits per heavy atom. The second kappa shape index (κ2) is 3.92. The monoisotopic (exact) mass is 222 g/mol. The first-order valence-electron chi connectivity index (χ1n) is 5.01. The molecule has 1 aromatic rings. The van der Waals surface area contributed by atoms with Crippen molar-refractivity contribution in [1.82, 2.24) is 4.90 Å². The summed E-state index contributed by atoms with van der Waals surface area (Å²) in [6.45, 7) is 2.32. The number of nitrogens with zero attached hydrogens (tertiary/aromatic N) is 2. The number of imide groups is 1. The first-order chi connectivity index (χ1) is 7.63. The van der Waals surface area contributed by atoms with Crippen molar-refractivity contribution in [2.45, 2.75) is 6.92 Å². The number of hydrogen-bond acceptors (Lipinski definition) is 2. The van der Waals surface area contributed by atoms with Gasteiger partial charge in [0.15, 0.2) is 0 Å². The van der Waals surface area contributed by atoms with E-state index in [0.29, 0.717) is 6.54 Å². The van der Waals surface area contributed by atoms with Crippen molar-refractivity contribution in [3.63, 3.8) is 0 Å². The Labute approximate surface area is 92.3 Å². The lowest BCUT2D eigenvalue weighted by Gasteiger charge is -2.15. The minimum absolute atomic E-state index is 0.0614. The number of rotatable bonds is 2. The molecule has 0 aliphatic carbocycles. The van der Waals surface area contributed by atoms with E-state index in [0.717, 1.165) is 4.90 Å². The largest absolute Gasteiger partial charge is 0.331 e. The molecule has 1 fully saturated rings. The van der Waals surface area contributed by atoms with Crippen molar-refractivity contribution in [1.29, 1.82) is 0 Å². The fraction of sp³-hybridized carbons (Fsp3) is 0.273. The average molecular weight is 222 g/mol. The topological polar surface area (TPSA) is 40.6 Å². The zero-order valence-corrected chi connectivity index (χ0v) is 8.81. The van der Waals surface area contributed by atoms with Gasteiger partial charge in [-0.05, 0) is 25.1 Å². The van der Waals surface area contributed by atoms with Crippen LogP contribution in [0.4, 0.5) is 14.9 Å². The van der Waals surface area contributed by atoms with Crippen LogP contribution in [0.25, 0.3) is 0 Å². The van der Waals surface area contributed by atoms with Crippen LogP contribution in [0.1, 0.15) is 6.92 Å². The third kappa shape index (κ3) is 1.64. The van der Waals surface area contributed by atoms with E-state index in [1.165, 1.54) is 29.2 Å². The highest BCUT2D eigenvalue weighted by atomic mass is 19.1. The molecule has 0 radical (unpaired) electrons. The van der Waals surface area contributed by atoms with Crippen LogP contribution in [0, 0.1) is 5.82 Å². The number of likely N-dealkylation sites (N-methyl/N-ethyl adjacent to an activating group) is 1. The smallest absolute Gasteiger partial charge is 0.315 e. The molecule has 0 spiro atoms. The van der Waals surface area contributed by atoms with Gasteiger partial charge in [-0.15, -0.1) is 0 Å². The molecule has 2 rings (SSSR count). The van der Waals surface area contributed by atoms with Gasteiger partial charge < -0.3 is 4.90 Å². The van der Waals surface area contributed by atoms with Crippen LogP contribution in [0.2, 0.25) is 0 Å². The maximum absolute atomic E-state index is 13.0. The Hall–Kier alpha value is -1.91. The third-order valence-corrected chi connectivity index (χ3v) is 2.49. The highest BCUT2D eigenvalue weighted by Crippen LogP contribution is 2.21. The maximum Gasteiger partial charge on any atom is 0.331 e. The van der Waals surface area contributed by atoms with E-state index in [9.17, 15) is 14.0 Å². The first kappa shape index (κ1) is 10.6. The predicted octanol–water partition coefficient (Wildman–Crippen LogP) is 1.61. The molecule has 0 aromatic heterocycles. The van der Waals surface area contributed by atoms with Crippen molar-refractivity contribution >= 4 is 17.6 Å². The van der Waals surface area contributed by atoms with Gasteiger partial charge in [0.1, 0.15) is 12.4 Å². The van der Waals surface area contributed by atoms with Gasteiger partial charge >= 0.3 is 6.03 Å². The average Bonchev–Trinajstić information content (AvgIpc) is 2.53. The van der Waals surface area contributed by atoms with Gasteiger partial charge in [-0.3, -0.25) is 4.79 Å². The van der Waals surface area contributed by atoms with E-state index in [1.807, 2.05) is 0 Å². The molecule has 0 atom stereocenters. The molecule has 1 aliphatic heterocycles. The fourth-order valence-electron chi connectivity index (χ4n) is 1.67. The number of carbonyl (C=O) groups is 2. The highest BCUT2D eigenvalue weighted by Gasteiger charge is 2.36. The van der Waals surface area contributed by atoms with Crippen LogP contribution in [0.15, 0.2) is 24.3 Å². The normalized spacial score (nSPS) is 16.1. The number of amides is 3. The second-order valence-corrected chi connectivity index (χ2v) is 3.51. The van der Waals surface area contributed by atoms with Gasteiger partial charge in [0, 0.05) is 6.54 Å². The number of benzene rings is 1. The van der Waals surface area contributed by atoms with Gasteiger partial charge in [0.2, 0.25) is 0 Å². The summed E-state index contributed by atoms with van der Waals surface area (Å²) in [6, 6.07) is 5.07. The molecule has 3 amide bonds. The number of halogens is 1.